The molecule has 3 aliphatic carbocycles. The van der Waals surface area contributed by atoms with Gasteiger partial charge in [-0.25, -0.2) is 0 Å². The van der Waals surface area contributed by atoms with Crippen molar-refractivity contribution in [2.24, 2.45) is 0 Å². The van der Waals surface area contributed by atoms with Crippen LogP contribution in [0.25, 0.3) is 12.2 Å². The Morgan fingerprint density at radius 2 is 0.979 bits per heavy atom. The third-order valence-electron chi connectivity index (χ3n) is 9.25. The largest absolute Gasteiger partial charge is 0.493 e. The standard InChI is InChI=1S/C38H46N2O8/c1-43-31-21-25-15-11-23(19-27(25)35(45-3)37(31)47-5)13-17-33(41)39-29-9-7-8-10-30(29)40-34(42)18-14-24-12-16-26-22-32(44-2)38(48-6)36(46-4)28(26)20-24/h13-14,17-22,29-30H,7-12,15-16H2,1-6H3,(H,39,41)(H,40,42)/b17-13+,18-14+/t29-,30+. The maximum Gasteiger partial charge on any atom is 0.244 e. The van der Waals surface area contributed by atoms with E-state index in [9.17, 15) is 9.59 Å². The summed E-state index contributed by atoms with van der Waals surface area (Å²) in [6.07, 6.45) is 17.6. The average molecular weight is 659 g/mol. The van der Waals surface area contributed by atoms with Gasteiger partial charge in [0.25, 0.3) is 0 Å². The third kappa shape index (κ3) is 7.48. The van der Waals surface area contributed by atoms with Gasteiger partial charge in [-0.3, -0.25) is 9.59 Å². The molecule has 2 aromatic rings. The van der Waals surface area contributed by atoms with Gasteiger partial charge < -0.3 is 39.1 Å². The molecular formula is C38H46N2O8. The number of hydrogen-bond acceptors (Lipinski definition) is 8. The van der Waals surface area contributed by atoms with E-state index in [1.165, 1.54) is 0 Å². The fourth-order valence-electron chi connectivity index (χ4n) is 6.83. The first kappa shape index (κ1) is 34.5. The van der Waals surface area contributed by atoms with Gasteiger partial charge in [0, 0.05) is 35.4 Å². The Bertz CT molecular complexity index is 1530. The smallest absolute Gasteiger partial charge is 0.244 e. The molecule has 0 spiro atoms. The van der Waals surface area contributed by atoms with Crippen molar-refractivity contribution >= 4 is 24.0 Å². The Balaban J connectivity index is 1.22. The van der Waals surface area contributed by atoms with E-state index in [0.29, 0.717) is 34.5 Å². The number of fused-ring (bicyclic) bond motifs is 2. The fourth-order valence-corrected chi connectivity index (χ4v) is 6.83. The first-order valence-electron chi connectivity index (χ1n) is 16.4. The van der Waals surface area contributed by atoms with Gasteiger partial charge >= 0.3 is 0 Å². The lowest BCUT2D eigenvalue weighted by molar-refractivity contribution is -0.120. The molecule has 2 N–H and O–H groups in total. The van der Waals surface area contributed by atoms with Gasteiger partial charge in [-0.2, -0.15) is 0 Å². The predicted octanol–water partition coefficient (Wildman–Crippen LogP) is 5.75. The van der Waals surface area contributed by atoms with Crippen LogP contribution >= 0.6 is 0 Å². The number of methoxy groups -OCH3 is 6. The van der Waals surface area contributed by atoms with E-state index in [1.54, 1.807) is 54.8 Å². The fraction of sp³-hybridized carbons (Fsp3) is 0.421. The molecule has 0 aliphatic heterocycles. The van der Waals surface area contributed by atoms with Gasteiger partial charge in [0.2, 0.25) is 23.3 Å². The molecule has 2 amide bonds. The highest BCUT2D eigenvalue weighted by Gasteiger charge is 2.28. The van der Waals surface area contributed by atoms with Gasteiger partial charge in [0.15, 0.2) is 23.0 Å². The van der Waals surface area contributed by atoms with Crippen LogP contribution in [-0.2, 0) is 22.4 Å². The van der Waals surface area contributed by atoms with Crippen LogP contribution < -0.4 is 39.1 Å². The van der Waals surface area contributed by atoms with Crippen LogP contribution in [0.5, 0.6) is 34.5 Å². The summed E-state index contributed by atoms with van der Waals surface area (Å²) in [6, 6.07) is 3.65. The molecule has 48 heavy (non-hydrogen) atoms. The van der Waals surface area contributed by atoms with Gasteiger partial charge in [-0.05, 0) is 85.1 Å². The molecule has 1 fully saturated rings. The number of carbonyl (C=O) groups excluding carboxylic acids is 2. The number of allylic oxidation sites excluding steroid dienone is 4. The van der Waals surface area contributed by atoms with E-state index >= 15 is 0 Å². The maximum atomic E-state index is 13.1. The lowest BCUT2D eigenvalue weighted by Gasteiger charge is -2.32. The molecule has 256 valence electrons. The molecule has 0 bridgehead atoms. The topological polar surface area (TPSA) is 114 Å². The Kier molecular flexibility index (Phi) is 11.4. The summed E-state index contributed by atoms with van der Waals surface area (Å²) in [6.45, 7) is 0. The Morgan fingerprint density at radius 3 is 1.33 bits per heavy atom. The summed E-state index contributed by atoms with van der Waals surface area (Å²) < 4.78 is 33.4. The van der Waals surface area contributed by atoms with Crippen LogP contribution in [0.3, 0.4) is 0 Å². The second-order valence-corrected chi connectivity index (χ2v) is 12.1. The first-order chi connectivity index (χ1) is 23.3. The van der Waals surface area contributed by atoms with Gasteiger partial charge in [0.05, 0.1) is 42.7 Å². The number of benzene rings is 2. The second-order valence-electron chi connectivity index (χ2n) is 12.1. The highest BCUT2D eigenvalue weighted by molar-refractivity contribution is 5.90. The molecule has 0 unspecified atom stereocenters. The van der Waals surface area contributed by atoms with Crippen molar-refractivity contribution in [2.45, 2.75) is 63.5 Å². The lowest BCUT2D eigenvalue weighted by atomic mass is 9.89. The molecule has 2 aromatic carbocycles. The Morgan fingerprint density at radius 1 is 0.583 bits per heavy atom. The summed E-state index contributed by atoms with van der Waals surface area (Å²) >= 11 is 0. The van der Waals surface area contributed by atoms with Crippen LogP contribution in [0, 0.1) is 0 Å². The van der Waals surface area contributed by atoms with Crippen molar-refractivity contribution in [3.05, 3.63) is 69.8 Å². The lowest BCUT2D eigenvalue weighted by Crippen LogP contribution is -2.52. The number of ether oxygens (including phenoxy) is 6. The van der Waals surface area contributed by atoms with E-state index in [-0.39, 0.29) is 23.9 Å². The third-order valence-corrected chi connectivity index (χ3v) is 9.25. The van der Waals surface area contributed by atoms with Crippen molar-refractivity contribution in [1.29, 1.82) is 0 Å². The second kappa shape index (κ2) is 15.8. The molecule has 0 saturated heterocycles. The highest BCUT2D eigenvalue weighted by Crippen LogP contribution is 2.46. The molecule has 2 atom stereocenters. The van der Waals surface area contributed by atoms with E-state index in [0.717, 1.165) is 84.8 Å². The molecule has 0 aromatic heterocycles. The molecule has 0 heterocycles. The Hall–Kier alpha value is -4.86. The van der Waals surface area contributed by atoms with Crippen molar-refractivity contribution in [1.82, 2.24) is 10.6 Å². The SMILES string of the molecule is COc1cc2c(c(OC)c1OC)C=C(/C=C/C(=O)N[C@H]1CCCC[C@H]1NC(=O)/C=C/C1=Cc3c(cc(OC)c(OC)c3OC)CC1)CC2. The van der Waals surface area contributed by atoms with Crippen molar-refractivity contribution in [3.63, 3.8) is 0 Å². The number of amides is 2. The van der Waals surface area contributed by atoms with Gasteiger partial charge in [0.1, 0.15) is 0 Å². The number of aryl methyl sites for hydroxylation is 2. The molecule has 5 rings (SSSR count). The summed E-state index contributed by atoms with van der Waals surface area (Å²) in [5, 5.41) is 6.28. The normalized spacial score (nSPS) is 18.6. The molecule has 10 nitrogen and oxygen atoms in total. The number of nitrogens with one attached hydrogen (secondary N) is 2. The molecular weight excluding hydrogens is 612 g/mol. The van der Waals surface area contributed by atoms with Crippen molar-refractivity contribution in [2.75, 3.05) is 42.7 Å². The number of hydrogen-bond donors (Lipinski definition) is 2. The number of rotatable bonds is 12. The summed E-state index contributed by atoms with van der Waals surface area (Å²) in [4.78, 5) is 26.1. The Labute approximate surface area is 282 Å². The van der Waals surface area contributed by atoms with Crippen LogP contribution in [0.4, 0.5) is 0 Å². The predicted molar refractivity (Wildman–Crippen MR) is 185 cm³/mol. The zero-order valence-electron chi connectivity index (χ0n) is 28.7. The van der Waals surface area contributed by atoms with Crippen LogP contribution in [0.15, 0.2) is 47.6 Å². The van der Waals surface area contributed by atoms with Gasteiger partial charge in [-0.15, -0.1) is 0 Å². The van der Waals surface area contributed by atoms with Crippen molar-refractivity contribution in [3.8, 4) is 34.5 Å². The maximum absolute atomic E-state index is 13.1. The van der Waals surface area contributed by atoms with E-state index in [1.807, 2.05) is 36.4 Å². The minimum atomic E-state index is -0.185. The van der Waals surface area contributed by atoms with Crippen LogP contribution in [0.1, 0.15) is 60.8 Å². The zero-order valence-corrected chi connectivity index (χ0v) is 28.7. The summed E-state index contributed by atoms with van der Waals surface area (Å²) in [5.74, 6) is 3.20. The summed E-state index contributed by atoms with van der Waals surface area (Å²) in [5.41, 5.74) is 6.08. The van der Waals surface area contributed by atoms with Crippen LogP contribution in [-0.4, -0.2) is 66.6 Å². The molecule has 10 heteroatoms. The first-order valence-corrected chi connectivity index (χ1v) is 16.4. The average Bonchev–Trinajstić information content (AvgIpc) is 3.11. The van der Waals surface area contributed by atoms with Gasteiger partial charge in [-0.1, -0.05) is 25.0 Å². The molecule has 0 radical (unpaired) electrons. The van der Waals surface area contributed by atoms with Crippen LogP contribution in [0.2, 0.25) is 0 Å². The minimum absolute atomic E-state index is 0.154. The van der Waals surface area contributed by atoms with E-state index < -0.39 is 0 Å². The monoisotopic (exact) mass is 658 g/mol. The zero-order chi connectivity index (χ0) is 34.2. The quantitative estimate of drug-likeness (QED) is 0.277. The van der Waals surface area contributed by atoms with Crippen molar-refractivity contribution < 1.29 is 38.0 Å². The van der Waals surface area contributed by atoms with E-state index in [4.69, 9.17) is 28.4 Å². The molecule has 1 saturated carbocycles. The minimum Gasteiger partial charge on any atom is -0.493 e. The van der Waals surface area contributed by atoms with E-state index in [2.05, 4.69) is 10.6 Å². The highest BCUT2D eigenvalue weighted by atomic mass is 16.5. The summed E-state index contributed by atoms with van der Waals surface area (Å²) in [7, 11) is 9.60. The number of carbonyl (C=O) groups is 2. The molecule has 3 aliphatic rings.